The van der Waals surface area contributed by atoms with E-state index in [2.05, 4.69) is 39.2 Å². The number of likely N-dealkylation sites (tertiary alicyclic amines) is 1. The second kappa shape index (κ2) is 14.0. The maximum absolute atomic E-state index is 13.3. The number of morpholine rings is 1. The maximum Gasteiger partial charge on any atom is 0.240 e. The van der Waals surface area contributed by atoms with Crippen molar-refractivity contribution in [3.63, 3.8) is 0 Å². The van der Waals surface area contributed by atoms with Gasteiger partial charge in [-0.05, 0) is 60.9 Å². The Kier molecular flexibility index (Phi) is 9.73. The lowest BCUT2D eigenvalue weighted by molar-refractivity contribution is -0.134. The van der Waals surface area contributed by atoms with Gasteiger partial charge in [-0.1, -0.05) is 35.9 Å². The van der Waals surface area contributed by atoms with E-state index in [9.17, 15) is 13.2 Å². The Morgan fingerprint density at radius 1 is 0.979 bits per heavy atom. The molecule has 2 aromatic carbocycles. The van der Waals surface area contributed by atoms with Crippen LogP contribution in [-0.2, 0) is 52.0 Å². The summed E-state index contributed by atoms with van der Waals surface area (Å²) in [4.78, 5) is 17.8. The Labute approximate surface area is 283 Å². The number of rotatable bonds is 8. The zero-order valence-corrected chi connectivity index (χ0v) is 28.8. The van der Waals surface area contributed by atoms with Crippen LogP contribution in [0.25, 0.3) is 22.4 Å². The van der Waals surface area contributed by atoms with E-state index in [1.54, 1.807) is 4.31 Å². The molecule has 0 saturated carbocycles. The first-order chi connectivity index (χ1) is 22.7. The summed E-state index contributed by atoms with van der Waals surface area (Å²) in [5, 5.41) is 9.24. The first-order valence-electron chi connectivity index (χ1n) is 17.0. The molecule has 12 heteroatoms. The molecule has 1 amide bonds. The Morgan fingerprint density at radius 2 is 1.77 bits per heavy atom. The normalized spacial score (nSPS) is 21.0. The van der Waals surface area contributed by atoms with E-state index in [-0.39, 0.29) is 11.9 Å². The summed E-state index contributed by atoms with van der Waals surface area (Å²) >= 11 is 6.86. The van der Waals surface area contributed by atoms with Gasteiger partial charge in [-0.25, -0.2) is 8.42 Å². The Balaban J connectivity index is 1.17. The summed E-state index contributed by atoms with van der Waals surface area (Å²) in [5.41, 5.74) is 8.08. The summed E-state index contributed by atoms with van der Waals surface area (Å²) < 4.78 is 34.3. The number of sulfonamides is 1. The lowest BCUT2D eigenvalue weighted by Crippen LogP contribution is -2.50. The van der Waals surface area contributed by atoms with Crippen LogP contribution in [-0.4, -0.2) is 103 Å². The number of nitrogens with zero attached hydrogens (tertiary/aromatic N) is 5. The zero-order valence-electron chi connectivity index (χ0n) is 27.2. The van der Waals surface area contributed by atoms with Gasteiger partial charge < -0.3 is 15.0 Å². The second-order valence-corrected chi connectivity index (χ2v) is 15.7. The molecule has 1 unspecified atom stereocenters. The van der Waals surface area contributed by atoms with Crippen LogP contribution in [0.5, 0.6) is 0 Å². The Bertz CT molecular complexity index is 1730. The van der Waals surface area contributed by atoms with Crippen molar-refractivity contribution in [3.05, 3.63) is 63.8 Å². The maximum atomic E-state index is 13.3. The number of halogens is 1. The van der Waals surface area contributed by atoms with E-state index in [0.717, 1.165) is 105 Å². The molecule has 1 atom stereocenters. The quantitative estimate of drug-likeness (QED) is 0.385. The average molecular weight is 681 g/mol. The number of hydrogen-bond donors (Lipinski definition) is 1. The molecular formula is C35H45ClN6O4S. The fourth-order valence-corrected chi connectivity index (χ4v) is 8.53. The van der Waals surface area contributed by atoms with Gasteiger partial charge in [0.25, 0.3) is 0 Å². The number of hydrogen-bond acceptors (Lipinski definition) is 7. The van der Waals surface area contributed by atoms with Crippen LogP contribution >= 0.6 is 11.6 Å². The predicted molar refractivity (Wildman–Crippen MR) is 184 cm³/mol. The summed E-state index contributed by atoms with van der Waals surface area (Å²) in [6.07, 6.45) is 6.87. The van der Waals surface area contributed by atoms with Gasteiger partial charge in [-0.3, -0.25) is 14.4 Å². The van der Waals surface area contributed by atoms with E-state index >= 15 is 0 Å². The molecular weight excluding hydrogens is 636 g/mol. The van der Waals surface area contributed by atoms with Gasteiger partial charge in [0.2, 0.25) is 15.9 Å². The summed E-state index contributed by atoms with van der Waals surface area (Å²) in [6, 6.07) is 12.2. The largest absolute Gasteiger partial charge is 0.379 e. The van der Waals surface area contributed by atoms with Crippen LogP contribution in [0.4, 0.5) is 0 Å². The van der Waals surface area contributed by atoms with E-state index in [0.29, 0.717) is 37.5 Å². The molecule has 1 aromatic heterocycles. The third-order valence-corrected chi connectivity index (χ3v) is 11.8. The molecule has 1 N–H and O–H groups in total. The SMILES string of the molecule is CS(=O)(=O)N1CCc2c(c(-c3ccc(Cl)c(-c4ccc5c(c4)CC(C(=O)N4CCCCC4)NC5)c3)nn2CCCN2CCOCC2)C1. The van der Waals surface area contributed by atoms with Crippen molar-refractivity contribution in [3.8, 4) is 22.4 Å². The highest BCUT2D eigenvalue weighted by Crippen LogP contribution is 2.37. The van der Waals surface area contributed by atoms with Gasteiger partial charge in [-0.15, -0.1) is 0 Å². The predicted octanol–water partition coefficient (Wildman–Crippen LogP) is 3.94. The highest BCUT2D eigenvalue weighted by atomic mass is 35.5. The van der Waals surface area contributed by atoms with Gasteiger partial charge in [0.05, 0.1) is 31.2 Å². The molecule has 2 fully saturated rings. The molecule has 0 aliphatic carbocycles. The fourth-order valence-electron chi connectivity index (χ4n) is 7.52. The lowest BCUT2D eigenvalue weighted by Gasteiger charge is -2.33. The van der Waals surface area contributed by atoms with Crippen LogP contribution in [0.15, 0.2) is 36.4 Å². The zero-order chi connectivity index (χ0) is 32.5. The topological polar surface area (TPSA) is 100 Å². The van der Waals surface area contributed by atoms with Crippen LogP contribution in [0.1, 0.15) is 48.1 Å². The van der Waals surface area contributed by atoms with Crippen molar-refractivity contribution < 1.29 is 17.9 Å². The van der Waals surface area contributed by atoms with Crippen molar-refractivity contribution in [2.45, 2.75) is 64.2 Å². The molecule has 252 valence electrons. The highest BCUT2D eigenvalue weighted by molar-refractivity contribution is 7.88. The molecule has 7 rings (SSSR count). The number of aryl methyl sites for hydroxylation is 1. The highest BCUT2D eigenvalue weighted by Gasteiger charge is 2.31. The number of piperidine rings is 1. The minimum absolute atomic E-state index is 0.203. The van der Waals surface area contributed by atoms with Crippen LogP contribution < -0.4 is 5.32 Å². The minimum Gasteiger partial charge on any atom is -0.379 e. The van der Waals surface area contributed by atoms with Gasteiger partial charge in [0.15, 0.2) is 0 Å². The third kappa shape index (κ3) is 7.16. The Morgan fingerprint density at radius 3 is 2.55 bits per heavy atom. The molecule has 0 spiro atoms. The molecule has 4 aliphatic heterocycles. The van der Waals surface area contributed by atoms with Crippen molar-refractivity contribution in [1.82, 2.24) is 29.2 Å². The smallest absolute Gasteiger partial charge is 0.240 e. The van der Waals surface area contributed by atoms with Crippen molar-refractivity contribution in [2.75, 3.05) is 58.7 Å². The molecule has 10 nitrogen and oxygen atoms in total. The van der Waals surface area contributed by atoms with Gasteiger partial charge in [0.1, 0.15) is 0 Å². The number of benzene rings is 2. The Hall–Kier alpha value is -2.80. The average Bonchev–Trinajstić information content (AvgIpc) is 3.46. The van der Waals surface area contributed by atoms with Crippen molar-refractivity contribution >= 4 is 27.5 Å². The monoisotopic (exact) mass is 680 g/mol. The van der Waals surface area contributed by atoms with Gasteiger partial charge in [-0.2, -0.15) is 9.40 Å². The van der Waals surface area contributed by atoms with Crippen LogP contribution in [0.3, 0.4) is 0 Å². The molecule has 5 heterocycles. The van der Waals surface area contributed by atoms with Crippen molar-refractivity contribution in [2.24, 2.45) is 0 Å². The van der Waals surface area contributed by atoms with Crippen LogP contribution in [0.2, 0.25) is 5.02 Å². The first-order valence-corrected chi connectivity index (χ1v) is 19.3. The van der Waals surface area contributed by atoms with E-state index in [1.165, 1.54) is 23.8 Å². The molecule has 0 radical (unpaired) electrons. The van der Waals surface area contributed by atoms with Crippen LogP contribution in [0, 0.1) is 0 Å². The first kappa shape index (κ1) is 32.7. The number of nitrogens with one attached hydrogen (secondary N) is 1. The molecule has 4 aliphatic rings. The number of aromatic nitrogens is 2. The molecule has 0 bridgehead atoms. The molecule has 2 saturated heterocycles. The third-order valence-electron chi connectivity index (χ3n) is 10.2. The minimum atomic E-state index is -3.35. The number of carbonyl (C=O) groups is 1. The molecule has 47 heavy (non-hydrogen) atoms. The number of carbonyl (C=O) groups excluding carboxylic acids is 1. The summed E-state index contributed by atoms with van der Waals surface area (Å²) in [7, 11) is -3.35. The van der Waals surface area contributed by atoms with E-state index in [4.69, 9.17) is 21.4 Å². The second-order valence-electron chi connectivity index (χ2n) is 13.4. The van der Waals surface area contributed by atoms with E-state index < -0.39 is 10.0 Å². The number of ether oxygens (including phenoxy) is 1. The number of fused-ring (bicyclic) bond motifs is 2. The summed E-state index contributed by atoms with van der Waals surface area (Å²) in [6.45, 7) is 8.34. The number of amides is 1. The van der Waals surface area contributed by atoms with Gasteiger partial charge in [0, 0.05) is 92.7 Å². The van der Waals surface area contributed by atoms with E-state index in [1.807, 2.05) is 17.0 Å². The molecule has 3 aromatic rings. The van der Waals surface area contributed by atoms with Gasteiger partial charge >= 0.3 is 0 Å². The van der Waals surface area contributed by atoms with Crippen molar-refractivity contribution in [1.29, 1.82) is 0 Å². The fraction of sp³-hybridized carbons (Fsp3) is 0.543. The standard InChI is InChI=1S/C35H45ClN6O4S/c1-47(44,45)41-15-10-33-30(24-41)34(38-42(33)14-5-11-39-16-18-46-19-17-39)26-8-9-31(36)29(21-26)25-6-7-27-23-37-32(22-28(27)20-25)35(43)40-12-3-2-4-13-40/h6-9,20-21,32,37H,2-5,10-19,22-24H2,1H3. The lowest BCUT2D eigenvalue weighted by atomic mass is 9.90. The summed E-state index contributed by atoms with van der Waals surface area (Å²) in [5.74, 6) is 0.203.